The molecule has 1 aromatic carbocycles. The van der Waals surface area contributed by atoms with Crippen molar-refractivity contribution in [3.63, 3.8) is 0 Å². The van der Waals surface area contributed by atoms with Crippen molar-refractivity contribution in [1.82, 2.24) is 0 Å². The summed E-state index contributed by atoms with van der Waals surface area (Å²) in [4.78, 5) is 0. The first-order valence-corrected chi connectivity index (χ1v) is 7.47. The van der Waals surface area contributed by atoms with Gasteiger partial charge in [0.25, 0.3) is 0 Å². The molecule has 1 heterocycles. The minimum Gasteiger partial charge on any atom is -0.491 e. The summed E-state index contributed by atoms with van der Waals surface area (Å²) in [6, 6.07) is 7.59. The van der Waals surface area contributed by atoms with E-state index in [-0.39, 0.29) is 6.10 Å². The minimum absolute atomic E-state index is 0.130. The van der Waals surface area contributed by atoms with Crippen LogP contribution in [0, 0.1) is 0 Å². The third kappa shape index (κ3) is 3.13. The molecule has 0 spiro atoms. The second kappa shape index (κ2) is 5.87. The Bertz CT molecular complexity index is 522. The molecule has 1 unspecified atom stereocenters. The number of rotatable bonds is 4. The van der Waals surface area contributed by atoms with Gasteiger partial charge in [-0.25, -0.2) is 0 Å². The highest BCUT2D eigenvalue weighted by Crippen LogP contribution is 2.32. The van der Waals surface area contributed by atoms with Crippen molar-refractivity contribution in [1.29, 1.82) is 0 Å². The van der Waals surface area contributed by atoms with E-state index >= 15 is 0 Å². The third-order valence-electron chi connectivity index (χ3n) is 2.48. The first kappa shape index (κ1) is 13.6. The summed E-state index contributed by atoms with van der Waals surface area (Å²) >= 11 is 5.01. The van der Waals surface area contributed by atoms with Gasteiger partial charge in [0.15, 0.2) is 0 Å². The molecule has 96 valence electrons. The molecule has 2 rings (SSSR count). The van der Waals surface area contributed by atoms with Crippen molar-refractivity contribution in [3.8, 4) is 5.75 Å². The molecule has 1 aromatic heterocycles. The summed E-state index contributed by atoms with van der Waals surface area (Å²) in [7, 11) is 0. The molecule has 0 amide bonds. The lowest BCUT2D eigenvalue weighted by molar-refractivity contribution is 0.216. The number of halogens is 1. The Balaban J connectivity index is 2.25. The smallest absolute Gasteiger partial charge is 0.120 e. The van der Waals surface area contributed by atoms with Crippen molar-refractivity contribution in [2.75, 3.05) is 0 Å². The molecule has 0 saturated heterocycles. The lowest BCUT2D eigenvalue weighted by Gasteiger charge is -2.14. The van der Waals surface area contributed by atoms with Crippen molar-refractivity contribution in [2.24, 2.45) is 0 Å². The first-order chi connectivity index (χ1) is 8.58. The number of ether oxygens (including phenoxy) is 1. The van der Waals surface area contributed by atoms with Crippen LogP contribution >= 0.6 is 27.3 Å². The molecule has 0 fully saturated rings. The molecule has 18 heavy (non-hydrogen) atoms. The Morgan fingerprint density at radius 1 is 1.28 bits per heavy atom. The van der Waals surface area contributed by atoms with Gasteiger partial charge in [-0.15, -0.1) is 0 Å². The first-order valence-electron chi connectivity index (χ1n) is 5.74. The second-order valence-corrected chi connectivity index (χ2v) is 5.91. The van der Waals surface area contributed by atoms with Gasteiger partial charge in [0.2, 0.25) is 0 Å². The predicted octanol–water partition coefficient (Wildman–Crippen LogP) is 4.38. The van der Waals surface area contributed by atoms with Crippen LogP contribution in [0.2, 0.25) is 0 Å². The van der Waals surface area contributed by atoms with Crippen molar-refractivity contribution < 1.29 is 9.84 Å². The Kier molecular flexibility index (Phi) is 4.43. The van der Waals surface area contributed by atoms with Gasteiger partial charge in [-0.1, -0.05) is 12.1 Å². The molecular weight excluding hydrogens is 312 g/mol. The maximum Gasteiger partial charge on any atom is 0.120 e. The molecule has 1 atom stereocenters. The fourth-order valence-electron chi connectivity index (χ4n) is 1.70. The molecule has 0 bridgehead atoms. The summed E-state index contributed by atoms with van der Waals surface area (Å²) < 4.78 is 6.57. The van der Waals surface area contributed by atoms with E-state index in [1.165, 1.54) is 0 Å². The van der Waals surface area contributed by atoms with Crippen LogP contribution in [0.1, 0.15) is 31.1 Å². The molecule has 2 aromatic rings. The van der Waals surface area contributed by atoms with Crippen LogP contribution in [0.25, 0.3) is 0 Å². The fourth-order valence-corrected chi connectivity index (χ4v) is 3.23. The van der Waals surface area contributed by atoms with Gasteiger partial charge in [0, 0.05) is 15.4 Å². The molecule has 0 aliphatic rings. The standard InChI is InChI=1S/C14H15BrO2S/c1-9(2)17-11-5-3-4-10(6-11)14(16)12-7-18-8-13(12)15/h3-9,14,16H,1-2H3. The zero-order valence-corrected chi connectivity index (χ0v) is 12.7. The largest absolute Gasteiger partial charge is 0.491 e. The summed E-state index contributed by atoms with van der Waals surface area (Å²) in [5.41, 5.74) is 1.73. The lowest BCUT2D eigenvalue weighted by atomic mass is 10.0. The summed E-state index contributed by atoms with van der Waals surface area (Å²) in [5.74, 6) is 0.785. The number of aliphatic hydroxyl groups excluding tert-OH is 1. The van der Waals surface area contributed by atoms with E-state index in [1.54, 1.807) is 11.3 Å². The van der Waals surface area contributed by atoms with Gasteiger partial charge < -0.3 is 9.84 Å². The summed E-state index contributed by atoms with van der Waals surface area (Å²) in [5, 5.41) is 14.3. The summed E-state index contributed by atoms with van der Waals surface area (Å²) in [6.45, 7) is 3.97. The number of hydrogen-bond donors (Lipinski definition) is 1. The Morgan fingerprint density at radius 3 is 2.67 bits per heavy atom. The van der Waals surface area contributed by atoms with Crippen LogP contribution in [0.5, 0.6) is 5.75 Å². The normalized spacial score (nSPS) is 12.7. The molecule has 0 radical (unpaired) electrons. The molecule has 1 N–H and O–H groups in total. The Hall–Kier alpha value is -0.840. The van der Waals surface area contributed by atoms with Crippen molar-refractivity contribution >= 4 is 27.3 Å². The fraction of sp³-hybridized carbons (Fsp3) is 0.286. The molecule has 2 nitrogen and oxygen atoms in total. The van der Waals surface area contributed by atoms with E-state index in [2.05, 4.69) is 15.9 Å². The number of aliphatic hydroxyl groups is 1. The number of thiophene rings is 1. The SMILES string of the molecule is CC(C)Oc1cccc(C(O)c2cscc2Br)c1. The van der Waals surface area contributed by atoms with Gasteiger partial charge in [-0.2, -0.15) is 11.3 Å². The topological polar surface area (TPSA) is 29.5 Å². The van der Waals surface area contributed by atoms with Crippen molar-refractivity contribution in [3.05, 3.63) is 50.6 Å². The zero-order chi connectivity index (χ0) is 13.1. The number of hydrogen-bond acceptors (Lipinski definition) is 3. The van der Waals surface area contributed by atoms with E-state index < -0.39 is 6.10 Å². The van der Waals surface area contributed by atoms with Crippen molar-refractivity contribution in [2.45, 2.75) is 26.1 Å². The van der Waals surface area contributed by atoms with Crippen LogP contribution in [0.15, 0.2) is 39.5 Å². The highest BCUT2D eigenvalue weighted by molar-refractivity contribution is 9.10. The van der Waals surface area contributed by atoms with Crippen LogP contribution in [-0.2, 0) is 0 Å². The molecule has 0 aliphatic heterocycles. The average molecular weight is 327 g/mol. The maximum absolute atomic E-state index is 10.3. The van der Waals surface area contributed by atoms with E-state index in [0.29, 0.717) is 0 Å². The molecular formula is C14H15BrO2S. The predicted molar refractivity (Wildman–Crippen MR) is 78.3 cm³/mol. The van der Waals surface area contributed by atoms with Crippen LogP contribution in [0.4, 0.5) is 0 Å². The van der Waals surface area contributed by atoms with E-state index in [0.717, 1.165) is 21.3 Å². The van der Waals surface area contributed by atoms with Crippen LogP contribution in [-0.4, -0.2) is 11.2 Å². The minimum atomic E-state index is -0.624. The average Bonchev–Trinajstić information content (AvgIpc) is 2.74. The quantitative estimate of drug-likeness (QED) is 0.903. The maximum atomic E-state index is 10.3. The highest BCUT2D eigenvalue weighted by Gasteiger charge is 2.15. The molecule has 0 saturated carbocycles. The van der Waals surface area contributed by atoms with E-state index in [9.17, 15) is 5.11 Å². The zero-order valence-electron chi connectivity index (χ0n) is 10.3. The number of benzene rings is 1. The van der Waals surface area contributed by atoms with Gasteiger partial charge in [0.1, 0.15) is 11.9 Å². The molecule has 4 heteroatoms. The van der Waals surface area contributed by atoms with Crippen LogP contribution < -0.4 is 4.74 Å². The lowest BCUT2D eigenvalue weighted by Crippen LogP contribution is -2.06. The second-order valence-electron chi connectivity index (χ2n) is 4.32. The van der Waals surface area contributed by atoms with Gasteiger partial charge in [0.05, 0.1) is 6.10 Å². The van der Waals surface area contributed by atoms with E-state index in [1.807, 2.05) is 48.9 Å². The summed E-state index contributed by atoms with van der Waals surface area (Å²) in [6.07, 6.45) is -0.494. The van der Waals surface area contributed by atoms with Gasteiger partial charge in [-0.3, -0.25) is 0 Å². The Labute approximate surface area is 119 Å². The Morgan fingerprint density at radius 2 is 2.06 bits per heavy atom. The monoisotopic (exact) mass is 326 g/mol. The third-order valence-corrected chi connectivity index (χ3v) is 4.23. The van der Waals surface area contributed by atoms with Crippen LogP contribution in [0.3, 0.4) is 0 Å². The van der Waals surface area contributed by atoms with E-state index in [4.69, 9.17) is 4.74 Å². The van der Waals surface area contributed by atoms with Gasteiger partial charge >= 0.3 is 0 Å². The van der Waals surface area contributed by atoms with Gasteiger partial charge in [-0.05, 0) is 52.9 Å². The molecule has 0 aliphatic carbocycles. The highest BCUT2D eigenvalue weighted by atomic mass is 79.9.